The summed E-state index contributed by atoms with van der Waals surface area (Å²) in [5.41, 5.74) is 3.34. The highest BCUT2D eigenvalue weighted by Gasteiger charge is 2.22. The second-order valence-corrected chi connectivity index (χ2v) is 5.79. The molecule has 1 aliphatic heterocycles. The Hall–Kier alpha value is -2.53. The molecule has 3 amide bonds. The van der Waals surface area contributed by atoms with Crippen LogP contribution in [0.2, 0.25) is 5.02 Å². The molecule has 0 saturated heterocycles. The van der Waals surface area contributed by atoms with Crippen LogP contribution in [-0.4, -0.2) is 18.5 Å². The van der Waals surface area contributed by atoms with Crippen molar-refractivity contribution in [2.45, 2.75) is 13.3 Å². The van der Waals surface area contributed by atoms with Crippen molar-refractivity contribution in [1.29, 1.82) is 0 Å². The first kappa shape index (κ1) is 15.4. The number of benzene rings is 2. The molecule has 0 fully saturated rings. The van der Waals surface area contributed by atoms with Crippen molar-refractivity contribution >= 4 is 40.6 Å². The fourth-order valence-corrected chi connectivity index (χ4v) is 2.76. The van der Waals surface area contributed by atoms with Crippen LogP contribution in [0.15, 0.2) is 42.5 Å². The van der Waals surface area contributed by atoms with E-state index < -0.39 is 0 Å². The molecule has 0 radical (unpaired) electrons. The largest absolute Gasteiger partial charge is 0.323 e. The fraction of sp³-hybridized carbons (Fsp3) is 0.176. The van der Waals surface area contributed by atoms with E-state index in [1.54, 1.807) is 42.2 Å². The molecule has 1 heterocycles. The summed E-state index contributed by atoms with van der Waals surface area (Å²) in [6.45, 7) is 2.24. The molecule has 1 aliphatic rings. The van der Waals surface area contributed by atoms with Crippen molar-refractivity contribution in [2.24, 2.45) is 0 Å². The van der Waals surface area contributed by atoms with Crippen LogP contribution < -0.4 is 15.5 Å². The molecular formula is C17H16ClN3O2. The van der Waals surface area contributed by atoms with Crippen molar-refractivity contribution in [3.8, 4) is 0 Å². The van der Waals surface area contributed by atoms with Gasteiger partial charge in [-0.05, 0) is 54.4 Å². The molecule has 0 spiro atoms. The molecule has 0 unspecified atom stereocenters. The Labute approximate surface area is 139 Å². The van der Waals surface area contributed by atoms with Crippen LogP contribution in [0, 0.1) is 0 Å². The maximum absolute atomic E-state index is 12.0. The number of amides is 3. The Morgan fingerprint density at radius 3 is 2.39 bits per heavy atom. The highest BCUT2D eigenvalue weighted by Crippen LogP contribution is 2.30. The number of anilines is 3. The second kappa shape index (κ2) is 6.30. The Morgan fingerprint density at radius 2 is 1.70 bits per heavy atom. The predicted octanol–water partition coefficient (Wildman–Crippen LogP) is 3.89. The monoisotopic (exact) mass is 329 g/mol. The third-order valence-corrected chi connectivity index (χ3v) is 3.97. The zero-order chi connectivity index (χ0) is 16.4. The number of hydrogen-bond donors (Lipinski definition) is 2. The topological polar surface area (TPSA) is 61.4 Å². The average molecular weight is 330 g/mol. The van der Waals surface area contributed by atoms with Crippen LogP contribution in [0.1, 0.15) is 12.5 Å². The zero-order valence-electron chi connectivity index (χ0n) is 12.6. The predicted molar refractivity (Wildman–Crippen MR) is 92.3 cm³/mol. The first-order valence-electron chi connectivity index (χ1n) is 7.27. The number of rotatable bonds is 2. The smallest absolute Gasteiger partial charge is 0.312 e. The first-order chi connectivity index (χ1) is 11.0. The van der Waals surface area contributed by atoms with E-state index >= 15 is 0 Å². The quantitative estimate of drug-likeness (QED) is 0.878. The number of hydrogen-bond acceptors (Lipinski definition) is 2. The third kappa shape index (κ3) is 3.46. The number of nitrogens with zero attached hydrogens (tertiary/aromatic N) is 1. The van der Waals surface area contributed by atoms with E-state index in [4.69, 9.17) is 11.6 Å². The average Bonchev–Trinajstić information content (AvgIpc) is 2.93. The van der Waals surface area contributed by atoms with Crippen LogP contribution in [0.25, 0.3) is 0 Å². The van der Waals surface area contributed by atoms with Crippen molar-refractivity contribution < 1.29 is 9.59 Å². The van der Waals surface area contributed by atoms with Gasteiger partial charge in [-0.25, -0.2) is 4.79 Å². The SMILES string of the molecule is CC(=O)N1CCc2cc(NC(=O)Nc3ccc(Cl)cc3)ccc21. The summed E-state index contributed by atoms with van der Waals surface area (Å²) in [6.07, 6.45) is 0.795. The zero-order valence-corrected chi connectivity index (χ0v) is 13.4. The summed E-state index contributed by atoms with van der Waals surface area (Å²) in [5, 5.41) is 6.15. The van der Waals surface area contributed by atoms with Crippen LogP contribution in [0.5, 0.6) is 0 Å². The molecule has 23 heavy (non-hydrogen) atoms. The van der Waals surface area contributed by atoms with Gasteiger partial charge in [0.2, 0.25) is 5.91 Å². The highest BCUT2D eigenvalue weighted by molar-refractivity contribution is 6.30. The molecule has 3 rings (SSSR count). The lowest BCUT2D eigenvalue weighted by Crippen LogP contribution is -2.25. The molecule has 5 nitrogen and oxygen atoms in total. The summed E-state index contributed by atoms with van der Waals surface area (Å²) >= 11 is 5.81. The van der Waals surface area contributed by atoms with Gasteiger partial charge < -0.3 is 15.5 Å². The van der Waals surface area contributed by atoms with Crippen LogP contribution in [0.4, 0.5) is 21.9 Å². The van der Waals surface area contributed by atoms with Gasteiger partial charge in [0.25, 0.3) is 0 Å². The third-order valence-electron chi connectivity index (χ3n) is 3.72. The number of nitrogens with one attached hydrogen (secondary N) is 2. The Kier molecular flexibility index (Phi) is 4.21. The summed E-state index contributed by atoms with van der Waals surface area (Å²) < 4.78 is 0. The van der Waals surface area contributed by atoms with Crippen LogP contribution >= 0.6 is 11.6 Å². The molecule has 0 aromatic heterocycles. The molecule has 0 aliphatic carbocycles. The van der Waals surface area contributed by atoms with Crippen LogP contribution in [0.3, 0.4) is 0 Å². The molecule has 0 bridgehead atoms. The van der Waals surface area contributed by atoms with Crippen molar-refractivity contribution in [3.05, 3.63) is 53.1 Å². The standard InChI is InChI=1S/C17H16ClN3O2/c1-11(22)21-9-8-12-10-15(6-7-16(12)21)20-17(23)19-14-4-2-13(18)3-5-14/h2-7,10H,8-9H2,1H3,(H2,19,20,23). The Balaban J connectivity index is 1.68. The summed E-state index contributed by atoms with van der Waals surface area (Å²) in [7, 11) is 0. The van der Waals surface area contributed by atoms with Crippen molar-refractivity contribution in [3.63, 3.8) is 0 Å². The number of urea groups is 1. The molecular weight excluding hydrogens is 314 g/mol. The summed E-state index contributed by atoms with van der Waals surface area (Å²) in [5.74, 6) is 0.0324. The van der Waals surface area contributed by atoms with Crippen molar-refractivity contribution in [2.75, 3.05) is 22.1 Å². The van der Waals surface area contributed by atoms with Gasteiger partial charge in [-0.15, -0.1) is 0 Å². The van der Waals surface area contributed by atoms with Gasteiger partial charge in [-0.1, -0.05) is 11.6 Å². The number of carbonyl (C=O) groups excluding carboxylic acids is 2. The van der Waals surface area contributed by atoms with Gasteiger partial charge >= 0.3 is 6.03 Å². The van der Waals surface area contributed by atoms with E-state index in [0.717, 1.165) is 17.7 Å². The van der Waals surface area contributed by atoms with Crippen LogP contribution in [-0.2, 0) is 11.2 Å². The molecule has 0 saturated carbocycles. The van der Waals surface area contributed by atoms with E-state index in [1.165, 1.54) is 0 Å². The minimum absolute atomic E-state index is 0.0324. The Bertz CT molecular complexity index is 759. The highest BCUT2D eigenvalue weighted by atomic mass is 35.5. The van der Waals surface area contributed by atoms with Gasteiger partial charge in [-0.2, -0.15) is 0 Å². The molecule has 2 aromatic carbocycles. The van der Waals surface area contributed by atoms with Gasteiger partial charge in [-0.3, -0.25) is 4.79 Å². The molecule has 2 aromatic rings. The first-order valence-corrected chi connectivity index (χ1v) is 7.65. The van der Waals surface area contributed by atoms with E-state index in [-0.39, 0.29) is 11.9 Å². The summed E-state index contributed by atoms with van der Waals surface area (Å²) in [4.78, 5) is 25.3. The van der Waals surface area contributed by atoms with E-state index in [9.17, 15) is 9.59 Å². The number of halogens is 1. The minimum Gasteiger partial charge on any atom is -0.312 e. The molecule has 2 N–H and O–H groups in total. The van der Waals surface area contributed by atoms with Gasteiger partial charge in [0.1, 0.15) is 0 Å². The molecule has 6 heteroatoms. The molecule has 0 atom stereocenters. The van der Waals surface area contributed by atoms with Gasteiger partial charge in [0, 0.05) is 35.6 Å². The lowest BCUT2D eigenvalue weighted by atomic mass is 10.1. The lowest BCUT2D eigenvalue weighted by Gasteiger charge is -2.15. The van der Waals surface area contributed by atoms with Gasteiger partial charge in [0.15, 0.2) is 0 Å². The van der Waals surface area contributed by atoms with E-state index in [1.807, 2.05) is 12.1 Å². The maximum Gasteiger partial charge on any atom is 0.323 e. The van der Waals surface area contributed by atoms with Gasteiger partial charge in [0.05, 0.1) is 0 Å². The second-order valence-electron chi connectivity index (χ2n) is 5.35. The van der Waals surface area contributed by atoms with E-state index in [2.05, 4.69) is 10.6 Å². The van der Waals surface area contributed by atoms with Crippen molar-refractivity contribution in [1.82, 2.24) is 0 Å². The number of fused-ring (bicyclic) bond motifs is 1. The van der Waals surface area contributed by atoms with E-state index in [0.29, 0.717) is 22.9 Å². The Morgan fingerprint density at radius 1 is 1.04 bits per heavy atom. The maximum atomic E-state index is 12.0. The normalized spacial score (nSPS) is 12.7. The number of carbonyl (C=O) groups is 2. The summed E-state index contributed by atoms with van der Waals surface area (Å²) in [6, 6.07) is 12.1. The molecule has 118 valence electrons. The fourth-order valence-electron chi connectivity index (χ4n) is 2.63. The lowest BCUT2D eigenvalue weighted by molar-refractivity contribution is -0.116. The minimum atomic E-state index is -0.325.